The lowest BCUT2D eigenvalue weighted by Crippen LogP contribution is -2.66. The van der Waals surface area contributed by atoms with Crippen molar-refractivity contribution in [2.45, 2.75) is 6.84 Å². The summed E-state index contributed by atoms with van der Waals surface area (Å²) in [5.74, 6) is -5.13. The molecule has 1 aliphatic rings. The highest BCUT2D eigenvalue weighted by Gasteiger charge is 2.64. The molecule has 144 valence electrons. The summed E-state index contributed by atoms with van der Waals surface area (Å²) in [7, 11) is 0. The number of carbonyl (C=O) groups is 2. The molecule has 4 atom stereocenters. The van der Waals surface area contributed by atoms with Gasteiger partial charge < -0.3 is 31.9 Å². The van der Waals surface area contributed by atoms with Crippen LogP contribution in [0.15, 0.2) is 9.66 Å². The Bertz CT molecular complexity index is 555. The van der Waals surface area contributed by atoms with Crippen molar-refractivity contribution in [2.24, 2.45) is 35.1 Å². The molecule has 0 spiro atoms. The third-order valence-electron chi connectivity index (χ3n) is 4.66. The van der Waals surface area contributed by atoms with E-state index in [1.54, 1.807) is 6.08 Å². The third kappa shape index (κ3) is 4.11. The van der Waals surface area contributed by atoms with Crippen LogP contribution in [0.4, 0.5) is 0 Å². The minimum absolute atomic E-state index is 0.416. The van der Waals surface area contributed by atoms with Crippen LogP contribution in [0.25, 0.3) is 0 Å². The lowest BCUT2D eigenvalue weighted by molar-refractivity contribution is -0.129. The molecule has 0 heterocycles. The Morgan fingerprint density at radius 2 is 1.44 bits per heavy atom. The van der Waals surface area contributed by atoms with E-state index in [1.165, 1.54) is 0 Å². The summed E-state index contributed by atoms with van der Waals surface area (Å²) in [5.41, 5.74) is 11.2. The van der Waals surface area contributed by atoms with Gasteiger partial charge >= 0.3 is 0 Å². The molecule has 0 aromatic heterocycles. The molecule has 8 nitrogen and oxygen atoms in total. The van der Waals surface area contributed by atoms with E-state index < -0.39 is 68.8 Å². The Hall–Kier alpha value is 0.710. The van der Waals surface area contributed by atoms with Crippen LogP contribution in [0.5, 0.6) is 0 Å². The minimum atomic E-state index is -1.33. The first-order chi connectivity index (χ1) is 11.6. The fraction of sp³-hybridized carbons (Fsp3) is 0.714. The lowest BCUT2D eigenvalue weighted by Gasteiger charge is -2.54. The van der Waals surface area contributed by atoms with Crippen LogP contribution in [-0.2, 0) is 9.59 Å². The Morgan fingerprint density at radius 1 is 1.00 bits per heavy atom. The molecule has 8 N–H and O–H groups in total. The van der Waals surface area contributed by atoms with Crippen LogP contribution in [0, 0.1) is 23.7 Å². The molecule has 0 radical (unpaired) electrons. The van der Waals surface area contributed by atoms with E-state index in [1.807, 2.05) is 67.8 Å². The molecule has 1 aliphatic carbocycles. The summed E-state index contributed by atoms with van der Waals surface area (Å²) in [6.07, 6.45) is 1.62. The molecule has 0 aromatic carbocycles. The molecule has 0 aliphatic heterocycles. The molecule has 1 rings (SSSR count). The predicted octanol–water partition coefficient (Wildman–Crippen LogP) is -0.929. The van der Waals surface area contributed by atoms with Gasteiger partial charge in [-0.2, -0.15) is 0 Å². The van der Waals surface area contributed by atoms with E-state index in [2.05, 4.69) is 0 Å². The summed E-state index contributed by atoms with van der Waals surface area (Å²) in [6.45, 7) is -1.82. The second-order valence-electron chi connectivity index (χ2n) is 5.98. The Labute approximate surface area is 186 Å². The molecule has 25 heavy (non-hydrogen) atoms. The average molecular weight is 694 g/mol. The molecule has 0 aromatic rings. The van der Waals surface area contributed by atoms with E-state index in [0.717, 1.165) is 0 Å². The van der Waals surface area contributed by atoms with E-state index in [0.29, 0.717) is 3.58 Å². The summed E-state index contributed by atoms with van der Waals surface area (Å²) < 4.78 is -1.95. The number of amides is 2. The number of aliphatic hydroxyl groups is 4. The standard InChI is InChI=1S/C14H21I3N2O6/c15-8-1-13(16,6(2-20)3-21)10(12(19)25)14(17,7(4-22)5-23)9(8)11(18)24/h1,6-7,9-10,20-23H,2-5H2,(H2,18,24)(H2,19,25). The maximum atomic E-state index is 12.4. The zero-order valence-electron chi connectivity index (χ0n) is 13.1. The van der Waals surface area contributed by atoms with Crippen molar-refractivity contribution in [3.05, 3.63) is 9.66 Å². The average Bonchev–Trinajstić information content (AvgIpc) is 2.47. The van der Waals surface area contributed by atoms with Gasteiger partial charge in [-0.15, -0.1) is 0 Å². The van der Waals surface area contributed by atoms with Crippen molar-refractivity contribution < 1.29 is 30.0 Å². The van der Waals surface area contributed by atoms with Gasteiger partial charge in [0, 0.05) is 41.8 Å². The number of primary amides is 2. The number of aliphatic hydroxyl groups excluding tert-OH is 4. The first-order valence-electron chi connectivity index (χ1n) is 7.34. The third-order valence-corrected chi connectivity index (χ3v) is 9.54. The van der Waals surface area contributed by atoms with Gasteiger partial charge in [0.2, 0.25) is 11.8 Å². The van der Waals surface area contributed by atoms with Gasteiger partial charge in [0.15, 0.2) is 0 Å². The Balaban J connectivity index is 3.82. The first-order valence-corrected chi connectivity index (χ1v) is 10.6. The molecule has 4 unspecified atom stereocenters. The maximum Gasteiger partial charge on any atom is 0.226 e. The van der Waals surface area contributed by atoms with E-state index >= 15 is 0 Å². The first kappa shape index (κ1) is 23.7. The molecule has 2 amide bonds. The van der Waals surface area contributed by atoms with Crippen molar-refractivity contribution in [1.82, 2.24) is 0 Å². The number of hydrogen-bond acceptors (Lipinski definition) is 6. The van der Waals surface area contributed by atoms with Gasteiger partial charge in [-0.05, 0) is 22.6 Å². The summed E-state index contributed by atoms with van der Waals surface area (Å²) in [5, 5.41) is 38.9. The molecular weight excluding hydrogens is 673 g/mol. The van der Waals surface area contributed by atoms with E-state index in [4.69, 9.17) is 11.5 Å². The van der Waals surface area contributed by atoms with Crippen LogP contribution in [0.2, 0.25) is 0 Å². The zero-order valence-corrected chi connectivity index (χ0v) is 19.6. The monoisotopic (exact) mass is 694 g/mol. The van der Waals surface area contributed by atoms with Gasteiger partial charge in [0.1, 0.15) is 0 Å². The molecular formula is C14H21I3N2O6. The summed E-state index contributed by atoms with van der Waals surface area (Å²) in [6, 6.07) is 0. The van der Waals surface area contributed by atoms with Crippen LogP contribution in [-0.4, -0.2) is 65.5 Å². The molecule has 0 saturated heterocycles. The van der Waals surface area contributed by atoms with Crippen molar-refractivity contribution in [2.75, 3.05) is 26.4 Å². The number of alkyl halides is 2. The van der Waals surface area contributed by atoms with E-state index in [9.17, 15) is 30.0 Å². The maximum absolute atomic E-state index is 12.4. The smallest absolute Gasteiger partial charge is 0.226 e. The van der Waals surface area contributed by atoms with Gasteiger partial charge in [0.05, 0.1) is 18.7 Å². The van der Waals surface area contributed by atoms with Crippen LogP contribution >= 0.6 is 67.8 Å². The summed E-state index contributed by atoms with van der Waals surface area (Å²) in [4.78, 5) is 24.6. The highest BCUT2D eigenvalue weighted by Crippen LogP contribution is 2.59. The fourth-order valence-corrected chi connectivity index (χ4v) is 9.92. The Kier molecular flexibility index (Phi) is 8.81. The van der Waals surface area contributed by atoms with E-state index in [-0.39, 0.29) is 0 Å². The largest absolute Gasteiger partial charge is 0.396 e. The second-order valence-corrected chi connectivity index (χ2v) is 11.0. The van der Waals surface area contributed by atoms with Crippen LogP contribution in [0.3, 0.4) is 0 Å². The Morgan fingerprint density at radius 3 is 1.76 bits per heavy atom. The van der Waals surface area contributed by atoms with Crippen molar-refractivity contribution in [1.29, 1.82) is 0 Å². The van der Waals surface area contributed by atoms with Crippen molar-refractivity contribution in [3.8, 4) is 0 Å². The number of nitrogens with two attached hydrogens (primary N) is 2. The molecule has 0 fully saturated rings. The molecule has 11 heteroatoms. The minimum Gasteiger partial charge on any atom is -0.396 e. The number of allylic oxidation sites excluding steroid dienone is 1. The summed E-state index contributed by atoms with van der Waals surface area (Å²) >= 11 is 5.75. The normalized spacial score (nSPS) is 32.8. The quantitative estimate of drug-likeness (QED) is 0.142. The number of carbonyl (C=O) groups excluding carboxylic acids is 2. The van der Waals surface area contributed by atoms with Gasteiger partial charge in [-0.1, -0.05) is 51.3 Å². The van der Waals surface area contributed by atoms with Crippen LogP contribution in [0.1, 0.15) is 0 Å². The van der Waals surface area contributed by atoms with Gasteiger partial charge in [-0.25, -0.2) is 0 Å². The fourth-order valence-electron chi connectivity index (χ4n) is 3.39. The number of hydrogen-bond donors (Lipinski definition) is 6. The lowest BCUT2D eigenvalue weighted by atomic mass is 9.62. The zero-order chi connectivity index (χ0) is 19.6. The second kappa shape index (κ2) is 9.27. The van der Waals surface area contributed by atoms with Crippen LogP contribution < -0.4 is 11.5 Å². The number of rotatable bonds is 8. The highest BCUT2D eigenvalue weighted by atomic mass is 127. The highest BCUT2D eigenvalue weighted by molar-refractivity contribution is 14.1. The topological polar surface area (TPSA) is 167 Å². The predicted molar refractivity (Wildman–Crippen MR) is 116 cm³/mol. The van der Waals surface area contributed by atoms with Crippen molar-refractivity contribution in [3.63, 3.8) is 0 Å². The van der Waals surface area contributed by atoms with Crippen molar-refractivity contribution >= 4 is 79.6 Å². The SMILES string of the molecule is NC(=O)C1C(I)=CC(I)(C(CO)CO)C(C(N)=O)C1(I)C(CO)CO. The number of halogens is 3. The van der Waals surface area contributed by atoms with Gasteiger partial charge in [-0.3, -0.25) is 9.59 Å². The van der Waals surface area contributed by atoms with Gasteiger partial charge in [0.25, 0.3) is 0 Å². The molecule has 0 saturated carbocycles. The molecule has 0 bridgehead atoms.